The smallest absolute Gasteiger partial charge is 0.340 e. The van der Waals surface area contributed by atoms with Gasteiger partial charge in [0.15, 0.2) is 6.61 Å². The largest absolute Gasteiger partial charge is 0.452 e. The number of benzene rings is 1. The van der Waals surface area contributed by atoms with Crippen molar-refractivity contribution >= 4 is 23.5 Å². The van der Waals surface area contributed by atoms with E-state index in [1.165, 1.54) is 0 Å². The van der Waals surface area contributed by atoms with Gasteiger partial charge in [-0.05, 0) is 18.6 Å². The maximum atomic E-state index is 12.1. The van der Waals surface area contributed by atoms with Crippen molar-refractivity contribution in [1.82, 2.24) is 5.32 Å². The average molecular weight is 300 g/mol. The second-order valence-electron chi connectivity index (χ2n) is 4.72. The molecule has 6 heteroatoms. The summed E-state index contributed by atoms with van der Waals surface area (Å²) in [5.41, 5.74) is 0.779. The number of terminal acetylenes is 1. The van der Waals surface area contributed by atoms with Crippen molar-refractivity contribution in [3.8, 4) is 12.3 Å². The highest BCUT2D eigenvalue weighted by molar-refractivity contribution is 6.03. The van der Waals surface area contributed by atoms with E-state index in [-0.39, 0.29) is 18.0 Å². The summed E-state index contributed by atoms with van der Waals surface area (Å²) in [6, 6.07) is 6.69. The zero-order valence-corrected chi connectivity index (χ0v) is 12.0. The summed E-state index contributed by atoms with van der Waals surface area (Å²) in [7, 11) is 0. The lowest BCUT2D eigenvalue weighted by molar-refractivity contribution is -0.124. The molecule has 22 heavy (non-hydrogen) atoms. The van der Waals surface area contributed by atoms with Crippen molar-refractivity contribution in [2.24, 2.45) is 0 Å². The van der Waals surface area contributed by atoms with Gasteiger partial charge in [0.05, 0.1) is 17.8 Å². The predicted molar refractivity (Wildman–Crippen MR) is 80.2 cm³/mol. The maximum absolute atomic E-state index is 12.1. The number of nitrogens with one attached hydrogen (secondary N) is 1. The number of hydrogen-bond donors (Lipinski definition) is 1. The lowest BCUT2D eigenvalue weighted by atomic mass is 10.1. The lowest BCUT2D eigenvalue weighted by Gasteiger charge is -2.18. The van der Waals surface area contributed by atoms with Crippen LogP contribution < -0.4 is 10.2 Å². The van der Waals surface area contributed by atoms with Gasteiger partial charge >= 0.3 is 5.97 Å². The van der Waals surface area contributed by atoms with Crippen molar-refractivity contribution in [1.29, 1.82) is 0 Å². The third kappa shape index (κ3) is 3.64. The Kier molecular flexibility index (Phi) is 5.15. The fourth-order valence-electron chi connectivity index (χ4n) is 2.19. The van der Waals surface area contributed by atoms with Gasteiger partial charge in [0.2, 0.25) is 5.91 Å². The Morgan fingerprint density at radius 1 is 1.36 bits per heavy atom. The average Bonchev–Trinajstić information content (AvgIpc) is 2.96. The van der Waals surface area contributed by atoms with Gasteiger partial charge in [0, 0.05) is 13.0 Å². The maximum Gasteiger partial charge on any atom is 0.340 e. The van der Waals surface area contributed by atoms with E-state index < -0.39 is 18.5 Å². The SMILES string of the molecule is C#CCNC(=O)COC(=O)c1ccccc1N1CCCC1=O. The van der Waals surface area contributed by atoms with Crippen LogP contribution in [0.1, 0.15) is 23.2 Å². The topological polar surface area (TPSA) is 75.7 Å². The van der Waals surface area contributed by atoms with Crippen LogP contribution in [0.5, 0.6) is 0 Å². The van der Waals surface area contributed by atoms with E-state index in [2.05, 4.69) is 11.2 Å². The normalized spacial score (nSPS) is 13.6. The molecule has 0 atom stereocenters. The van der Waals surface area contributed by atoms with Gasteiger partial charge < -0.3 is 15.0 Å². The van der Waals surface area contributed by atoms with Gasteiger partial charge in [0.25, 0.3) is 5.91 Å². The molecule has 1 N–H and O–H groups in total. The highest BCUT2D eigenvalue weighted by atomic mass is 16.5. The summed E-state index contributed by atoms with van der Waals surface area (Å²) in [6.45, 7) is 0.240. The van der Waals surface area contributed by atoms with Crippen molar-refractivity contribution in [3.63, 3.8) is 0 Å². The minimum absolute atomic E-state index is 0.0213. The molecule has 0 radical (unpaired) electrons. The number of rotatable bonds is 5. The molecule has 2 amide bonds. The monoisotopic (exact) mass is 300 g/mol. The van der Waals surface area contributed by atoms with Gasteiger partial charge in [0.1, 0.15) is 0 Å². The summed E-state index contributed by atoms with van der Waals surface area (Å²) >= 11 is 0. The standard InChI is InChI=1S/C16H16N2O4/c1-2-9-17-14(19)11-22-16(21)12-6-3-4-7-13(12)18-10-5-8-15(18)20/h1,3-4,6-7H,5,8-11H2,(H,17,19). The van der Waals surface area contributed by atoms with Crippen LogP contribution in [0.25, 0.3) is 0 Å². The molecule has 1 aliphatic heterocycles. The zero-order valence-electron chi connectivity index (χ0n) is 12.0. The van der Waals surface area contributed by atoms with Gasteiger partial charge in [-0.2, -0.15) is 0 Å². The minimum atomic E-state index is -0.647. The number of ether oxygens (including phenoxy) is 1. The quantitative estimate of drug-likeness (QED) is 0.642. The Balaban J connectivity index is 2.05. The van der Waals surface area contributed by atoms with Crippen LogP contribution in [0.3, 0.4) is 0 Å². The Hall–Kier alpha value is -2.81. The van der Waals surface area contributed by atoms with Crippen LogP contribution in [-0.2, 0) is 14.3 Å². The molecule has 0 saturated carbocycles. The van der Waals surface area contributed by atoms with E-state index in [0.717, 1.165) is 6.42 Å². The van der Waals surface area contributed by atoms with E-state index in [0.29, 0.717) is 18.7 Å². The molecule has 1 aromatic rings. The number of carbonyl (C=O) groups is 3. The first kappa shape index (κ1) is 15.6. The number of para-hydroxylation sites is 1. The molecule has 6 nitrogen and oxygen atoms in total. The fraction of sp³-hybridized carbons (Fsp3) is 0.312. The minimum Gasteiger partial charge on any atom is -0.452 e. The van der Waals surface area contributed by atoms with E-state index >= 15 is 0 Å². The van der Waals surface area contributed by atoms with E-state index in [1.54, 1.807) is 29.2 Å². The Bertz CT molecular complexity index is 633. The van der Waals surface area contributed by atoms with E-state index in [1.807, 2.05) is 0 Å². The molecule has 1 fully saturated rings. The number of amides is 2. The molecule has 114 valence electrons. The molecular weight excluding hydrogens is 284 g/mol. The van der Waals surface area contributed by atoms with Crippen molar-refractivity contribution in [2.45, 2.75) is 12.8 Å². The van der Waals surface area contributed by atoms with Crippen LogP contribution in [0.4, 0.5) is 5.69 Å². The molecule has 0 unspecified atom stereocenters. The Morgan fingerprint density at radius 3 is 2.82 bits per heavy atom. The Morgan fingerprint density at radius 2 is 2.14 bits per heavy atom. The summed E-state index contributed by atoms with van der Waals surface area (Å²) in [5, 5.41) is 2.40. The second kappa shape index (κ2) is 7.27. The van der Waals surface area contributed by atoms with Gasteiger partial charge in [-0.25, -0.2) is 4.79 Å². The van der Waals surface area contributed by atoms with Crippen LogP contribution in [0.15, 0.2) is 24.3 Å². The zero-order chi connectivity index (χ0) is 15.9. The van der Waals surface area contributed by atoms with Crippen molar-refractivity contribution in [3.05, 3.63) is 29.8 Å². The molecule has 1 aliphatic rings. The third-order valence-corrected chi connectivity index (χ3v) is 3.21. The molecule has 0 bridgehead atoms. The van der Waals surface area contributed by atoms with Crippen molar-refractivity contribution < 1.29 is 19.1 Å². The molecular formula is C16H16N2O4. The number of carbonyl (C=O) groups excluding carboxylic acids is 3. The molecule has 0 aliphatic carbocycles. The number of esters is 1. The molecule has 2 rings (SSSR count). The summed E-state index contributed by atoms with van der Waals surface area (Å²) in [4.78, 5) is 36.9. The Labute approximate surface area is 128 Å². The molecule has 1 saturated heterocycles. The van der Waals surface area contributed by atoms with Gasteiger partial charge in [-0.3, -0.25) is 9.59 Å². The first-order valence-corrected chi connectivity index (χ1v) is 6.90. The lowest BCUT2D eigenvalue weighted by Crippen LogP contribution is -2.30. The van der Waals surface area contributed by atoms with Gasteiger partial charge in [-0.15, -0.1) is 6.42 Å². The highest BCUT2D eigenvalue weighted by Crippen LogP contribution is 2.25. The summed E-state index contributed by atoms with van der Waals surface area (Å²) in [6.07, 6.45) is 6.25. The second-order valence-corrected chi connectivity index (χ2v) is 4.72. The molecule has 0 aromatic heterocycles. The predicted octanol–water partition coefficient (Wildman–Crippen LogP) is 0.720. The van der Waals surface area contributed by atoms with Crippen molar-refractivity contribution in [2.75, 3.05) is 24.6 Å². The fourth-order valence-corrected chi connectivity index (χ4v) is 2.19. The highest BCUT2D eigenvalue weighted by Gasteiger charge is 2.26. The van der Waals surface area contributed by atoms with Gasteiger partial charge in [-0.1, -0.05) is 18.1 Å². The van der Waals surface area contributed by atoms with Crippen LogP contribution >= 0.6 is 0 Å². The first-order valence-electron chi connectivity index (χ1n) is 6.90. The van der Waals surface area contributed by atoms with E-state index in [9.17, 15) is 14.4 Å². The first-order chi connectivity index (χ1) is 10.6. The van der Waals surface area contributed by atoms with Crippen LogP contribution in [-0.4, -0.2) is 37.5 Å². The van der Waals surface area contributed by atoms with Crippen LogP contribution in [0.2, 0.25) is 0 Å². The number of hydrogen-bond acceptors (Lipinski definition) is 4. The molecule has 0 spiro atoms. The summed E-state index contributed by atoms with van der Waals surface area (Å²) in [5.74, 6) is 1.11. The summed E-state index contributed by atoms with van der Waals surface area (Å²) < 4.78 is 4.96. The number of anilines is 1. The molecule has 1 heterocycles. The third-order valence-electron chi connectivity index (χ3n) is 3.21. The van der Waals surface area contributed by atoms with E-state index in [4.69, 9.17) is 11.2 Å². The van der Waals surface area contributed by atoms with Crippen LogP contribution in [0, 0.1) is 12.3 Å². The number of nitrogens with zero attached hydrogens (tertiary/aromatic N) is 1. The molecule has 1 aromatic carbocycles.